The number of para-hydroxylation sites is 2. The van der Waals surface area contributed by atoms with Crippen LogP contribution in [0.1, 0.15) is 41.3 Å². The highest BCUT2D eigenvalue weighted by molar-refractivity contribution is 5.97. The number of amides is 1. The average Bonchev–Trinajstić information content (AvgIpc) is 3.38. The molecule has 174 valence electrons. The van der Waals surface area contributed by atoms with Crippen molar-refractivity contribution in [3.05, 3.63) is 89.2 Å². The minimum Gasteiger partial charge on any atom is -0.494 e. The number of anilines is 1. The van der Waals surface area contributed by atoms with Crippen molar-refractivity contribution in [2.45, 2.75) is 46.1 Å². The smallest absolute Gasteiger partial charge is 0.227 e. The van der Waals surface area contributed by atoms with Crippen molar-refractivity contribution in [1.29, 1.82) is 0 Å². The molecule has 1 aliphatic rings. The molecule has 1 aromatic heterocycles. The molecule has 5 nitrogen and oxygen atoms in total. The number of carbonyl (C=O) groups excluding carboxylic acids is 1. The summed E-state index contributed by atoms with van der Waals surface area (Å²) in [6.45, 7) is 8.32. The molecule has 1 fully saturated rings. The van der Waals surface area contributed by atoms with Gasteiger partial charge in [0.25, 0.3) is 0 Å². The van der Waals surface area contributed by atoms with Gasteiger partial charge in [0.05, 0.1) is 17.6 Å². The first-order chi connectivity index (χ1) is 16.5. The summed E-state index contributed by atoms with van der Waals surface area (Å²) in [7, 11) is 0. The molecule has 34 heavy (non-hydrogen) atoms. The predicted octanol–water partition coefficient (Wildman–Crippen LogP) is 5.95. The van der Waals surface area contributed by atoms with E-state index in [0.717, 1.165) is 46.8 Å². The predicted molar refractivity (Wildman–Crippen MR) is 137 cm³/mol. The van der Waals surface area contributed by atoms with Crippen molar-refractivity contribution in [3.63, 3.8) is 0 Å². The lowest BCUT2D eigenvalue weighted by molar-refractivity contribution is -0.117. The van der Waals surface area contributed by atoms with E-state index in [2.05, 4.69) is 73.9 Å². The molecule has 0 saturated carbocycles. The summed E-state index contributed by atoms with van der Waals surface area (Å²) in [6.07, 6.45) is 1.35. The van der Waals surface area contributed by atoms with Crippen LogP contribution in [0.3, 0.4) is 0 Å². The summed E-state index contributed by atoms with van der Waals surface area (Å²) < 4.78 is 8.24. The van der Waals surface area contributed by atoms with Gasteiger partial charge >= 0.3 is 0 Å². The normalized spacial score (nSPS) is 15.9. The quantitative estimate of drug-likeness (QED) is 0.325. The fourth-order valence-electron chi connectivity index (χ4n) is 4.91. The number of benzene rings is 3. The Hall–Kier alpha value is -3.60. The van der Waals surface area contributed by atoms with E-state index in [-0.39, 0.29) is 11.8 Å². The van der Waals surface area contributed by atoms with E-state index < -0.39 is 0 Å². The second kappa shape index (κ2) is 9.34. The Morgan fingerprint density at radius 2 is 1.74 bits per heavy atom. The molecule has 4 aromatic rings. The van der Waals surface area contributed by atoms with Gasteiger partial charge in [0, 0.05) is 31.1 Å². The van der Waals surface area contributed by atoms with Gasteiger partial charge in [-0.25, -0.2) is 4.98 Å². The lowest BCUT2D eigenvalue weighted by atomic mass is 10.1. The van der Waals surface area contributed by atoms with E-state index >= 15 is 0 Å². The average molecular weight is 454 g/mol. The van der Waals surface area contributed by atoms with Crippen LogP contribution in [0, 0.1) is 20.8 Å². The number of hydrogen-bond acceptors (Lipinski definition) is 3. The topological polar surface area (TPSA) is 47.4 Å². The molecular formula is C29H31N3O2. The molecule has 1 amide bonds. The first kappa shape index (κ1) is 22.2. The van der Waals surface area contributed by atoms with Crippen molar-refractivity contribution in [1.82, 2.24) is 9.55 Å². The highest BCUT2D eigenvalue weighted by Gasteiger charge is 2.35. The minimum atomic E-state index is 0.0682. The molecule has 1 atom stereocenters. The summed E-state index contributed by atoms with van der Waals surface area (Å²) in [5, 5.41) is 0. The Morgan fingerprint density at radius 1 is 0.971 bits per heavy atom. The maximum Gasteiger partial charge on any atom is 0.227 e. The molecular weight excluding hydrogens is 422 g/mol. The van der Waals surface area contributed by atoms with E-state index in [4.69, 9.17) is 9.72 Å². The zero-order valence-corrected chi connectivity index (χ0v) is 20.1. The number of rotatable bonds is 7. The van der Waals surface area contributed by atoms with E-state index in [1.807, 2.05) is 23.1 Å². The van der Waals surface area contributed by atoms with Crippen molar-refractivity contribution in [2.24, 2.45) is 0 Å². The van der Waals surface area contributed by atoms with Gasteiger partial charge in [-0.2, -0.15) is 0 Å². The lowest BCUT2D eigenvalue weighted by Gasteiger charge is -2.20. The Balaban J connectivity index is 1.35. The second-order valence-electron chi connectivity index (χ2n) is 9.32. The molecule has 5 heteroatoms. The lowest BCUT2D eigenvalue weighted by Crippen LogP contribution is -2.25. The first-order valence-electron chi connectivity index (χ1n) is 12.0. The molecule has 0 radical (unpaired) electrons. The van der Waals surface area contributed by atoms with Gasteiger partial charge in [-0.05, 0) is 63.1 Å². The largest absolute Gasteiger partial charge is 0.494 e. The van der Waals surface area contributed by atoms with Crippen molar-refractivity contribution >= 4 is 22.6 Å². The molecule has 2 heterocycles. The number of carbonyl (C=O) groups is 1. The van der Waals surface area contributed by atoms with Gasteiger partial charge in [0.15, 0.2) is 0 Å². The molecule has 1 saturated heterocycles. The van der Waals surface area contributed by atoms with Crippen molar-refractivity contribution in [3.8, 4) is 5.75 Å². The fourth-order valence-corrected chi connectivity index (χ4v) is 4.91. The molecule has 0 N–H and O–H groups in total. The second-order valence-corrected chi connectivity index (χ2v) is 9.32. The standard InChI is InChI=1S/C29H31N3O2/c1-20-9-12-24(13-10-20)34-16-6-15-31-27-8-5-4-7-25(27)30-29(31)23-18-28(33)32(19-23)26-14-11-21(2)17-22(26)3/h4-5,7-14,17,23H,6,15-16,18-19H2,1-3H3. The van der Waals surface area contributed by atoms with Crippen LogP contribution in [0.4, 0.5) is 5.69 Å². The van der Waals surface area contributed by atoms with Gasteiger partial charge in [-0.15, -0.1) is 0 Å². The van der Waals surface area contributed by atoms with Gasteiger partial charge < -0.3 is 14.2 Å². The monoisotopic (exact) mass is 453 g/mol. The summed E-state index contributed by atoms with van der Waals surface area (Å²) in [4.78, 5) is 19.9. The first-order valence-corrected chi connectivity index (χ1v) is 12.0. The third kappa shape index (κ3) is 4.43. The molecule has 0 aliphatic carbocycles. The number of hydrogen-bond donors (Lipinski definition) is 0. The number of aryl methyl sites for hydroxylation is 4. The molecule has 3 aromatic carbocycles. The van der Waals surface area contributed by atoms with Crippen LogP contribution in [-0.4, -0.2) is 28.6 Å². The zero-order chi connectivity index (χ0) is 23.7. The van der Waals surface area contributed by atoms with Gasteiger partial charge in [0.1, 0.15) is 11.6 Å². The zero-order valence-electron chi connectivity index (χ0n) is 20.1. The summed E-state index contributed by atoms with van der Waals surface area (Å²) in [5.74, 6) is 2.13. The van der Waals surface area contributed by atoms with E-state index in [0.29, 0.717) is 19.6 Å². The number of ether oxygens (including phenoxy) is 1. The Bertz CT molecular complexity index is 1320. The van der Waals surface area contributed by atoms with Crippen LogP contribution in [0.2, 0.25) is 0 Å². The maximum absolute atomic E-state index is 13.0. The summed E-state index contributed by atoms with van der Waals surface area (Å²) >= 11 is 0. The molecule has 0 bridgehead atoms. The summed E-state index contributed by atoms with van der Waals surface area (Å²) in [5.41, 5.74) is 6.67. The third-order valence-corrected chi connectivity index (χ3v) is 6.63. The maximum atomic E-state index is 13.0. The van der Waals surface area contributed by atoms with Crippen LogP contribution in [0.15, 0.2) is 66.7 Å². The number of imidazole rings is 1. The Morgan fingerprint density at radius 3 is 2.53 bits per heavy atom. The SMILES string of the molecule is Cc1ccc(OCCCn2c(C3CC(=O)N(c4ccc(C)cc4C)C3)nc3ccccc32)cc1. The van der Waals surface area contributed by atoms with Crippen molar-refractivity contribution < 1.29 is 9.53 Å². The van der Waals surface area contributed by atoms with Crippen LogP contribution in [0.25, 0.3) is 11.0 Å². The van der Waals surface area contributed by atoms with E-state index in [1.165, 1.54) is 11.1 Å². The van der Waals surface area contributed by atoms with Gasteiger partial charge in [-0.1, -0.05) is 47.5 Å². The molecule has 5 rings (SSSR count). The van der Waals surface area contributed by atoms with Gasteiger partial charge in [0.2, 0.25) is 5.91 Å². The minimum absolute atomic E-state index is 0.0682. The van der Waals surface area contributed by atoms with E-state index in [9.17, 15) is 4.79 Å². The summed E-state index contributed by atoms with van der Waals surface area (Å²) in [6, 6.07) is 22.7. The molecule has 1 aliphatic heterocycles. The van der Waals surface area contributed by atoms with Gasteiger partial charge in [-0.3, -0.25) is 4.79 Å². The molecule has 0 spiro atoms. The van der Waals surface area contributed by atoms with E-state index in [1.54, 1.807) is 0 Å². The Labute approximate surface area is 201 Å². The number of fused-ring (bicyclic) bond motifs is 1. The van der Waals surface area contributed by atoms with Crippen molar-refractivity contribution in [2.75, 3.05) is 18.1 Å². The number of aromatic nitrogens is 2. The fraction of sp³-hybridized carbons (Fsp3) is 0.310. The third-order valence-electron chi connectivity index (χ3n) is 6.63. The Kier molecular flexibility index (Phi) is 6.10. The molecule has 1 unspecified atom stereocenters. The van der Waals surface area contributed by atoms with Crippen LogP contribution in [-0.2, 0) is 11.3 Å². The highest BCUT2D eigenvalue weighted by atomic mass is 16.5. The van der Waals surface area contributed by atoms with Crippen LogP contribution < -0.4 is 9.64 Å². The van der Waals surface area contributed by atoms with Crippen LogP contribution >= 0.6 is 0 Å². The number of nitrogens with zero attached hydrogens (tertiary/aromatic N) is 3. The highest BCUT2D eigenvalue weighted by Crippen LogP contribution is 2.34. The van der Waals surface area contributed by atoms with Crippen LogP contribution in [0.5, 0.6) is 5.75 Å².